The molecule has 66 valence electrons. The molecule has 0 heterocycles. The van der Waals surface area contributed by atoms with Crippen LogP contribution in [0, 0.1) is 0 Å². The van der Waals surface area contributed by atoms with Crippen LogP contribution in [-0.4, -0.2) is 39.6 Å². The number of quaternary nitrogens is 1. The van der Waals surface area contributed by atoms with Crippen molar-refractivity contribution in [2.75, 3.05) is 34.7 Å². The van der Waals surface area contributed by atoms with Crippen LogP contribution in [0.25, 0.3) is 0 Å². The van der Waals surface area contributed by atoms with Gasteiger partial charge in [0, 0.05) is 20.3 Å². The van der Waals surface area contributed by atoms with Crippen molar-refractivity contribution in [1.82, 2.24) is 4.90 Å². The van der Waals surface area contributed by atoms with Gasteiger partial charge in [0.05, 0.1) is 23.6 Å². The number of hydrogen-bond donors (Lipinski definition) is 1. The van der Waals surface area contributed by atoms with E-state index >= 15 is 0 Å². The molecule has 1 unspecified atom stereocenters. The maximum atomic E-state index is 5.09. The fourth-order valence-corrected chi connectivity index (χ4v) is 0.898. The smallest absolute Gasteiger partial charge is 0.169 e. The summed E-state index contributed by atoms with van der Waals surface area (Å²) in [4.78, 5) is 3.32. The Labute approximate surface area is 71.3 Å². The second-order valence-electron chi connectivity index (χ2n) is 3.06. The predicted molar refractivity (Wildman–Crippen MR) is 50.2 cm³/mol. The summed E-state index contributed by atoms with van der Waals surface area (Å²) in [7, 11) is 10.4. The van der Waals surface area contributed by atoms with Gasteiger partial charge in [0.1, 0.15) is 6.54 Å². The number of nitrogens with one attached hydrogen (secondary N) is 1. The van der Waals surface area contributed by atoms with Gasteiger partial charge in [0.25, 0.3) is 0 Å². The molecule has 0 aromatic heterocycles. The van der Waals surface area contributed by atoms with Crippen molar-refractivity contribution in [1.29, 1.82) is 0 Å². The Balaban J connectivity index is 3.94. The van der Waals surface area contributed by atoms with E-state index in [4.69, 9.17) is 4.52 Å². The minimum absolute atomic E-state index is 0.904. The molecule has 0 rings (SSSR count). The monoisotopic (exact) mass is 177 g/mol. The third-order valence-electron chi connectivity index (χ3n) is 1.08. The number of likely N-dealkylation sites (N-methyl/N-ethyl adjacent to an activating group) is 1. The molecule has 0 saturated heterocycles. The predicted octanol–water partition coefficient (Wildman–Crippen LogP) is -0.659. The molecule has 3 nitrogen and oxygen atoms in total. The standard InChI is InChI=1S/C7H17N2OP/c1-8(2)5-7(10-11)6-9(3)4/h5H,6,11H2,1-4H3/p+1/b7-5-. The summed E-state index contributed by atoms with van der Waals surface area (Å²) in [5.74, 6) is 0.972. The topological polar surface area (TPSA) is 16.9 Å². The van der Waals surface area contributed by atoms with E-state index in [-0.39, 0.29) is 0 Å². The summed E-state index contributed by atoms with van der Waals surface area (Å²) < 4.78 is 5.09. The minimum atomic E-state index is 0.904. The van der Waals surface area contributed by atoms with E-state index in [0.29, 0.717) is 0 Å². The first-order valence-corrected chi connectivity index (χ1v) is 4.06. The quantitative estimate of drug-likeness (QED) is 0.453. The average Bonchev–Trinajstić information content (AvgIpc) is 1.84. The first-order chi connectivity index (χ1) is 5.06. The van der Waals surface area contributed by atoms with E-state index in [1.54, 1.807) is 0 Å². The van der Waals surface area contributed by atoms with E-state index in [0.717, 1.165) is 12.3 Å². The van der Waals surface area contributed by atoms with Gasteiger partial charge < -0.3 is 14.3 Å². The highest BCUT2D eigenvalue weighted by atomic mass is 31.0. The van der Waals surface area contributed by atoms with Crippen molar-refractivity contribution in [3.8, 4) is 0 Å². The van der Waals surface area contributed by atoms with E-state index < -0.39 is 0 Å². The van der Waals surface area contributed by atoms with Gasteiger partial charge in [-0.05, 0) is 0 Å². The highest BCUT2D eigenvalue weighted by Crippen LogP contribution is 1.99. The lowest BCUT2D eigenvalue weighted by Crippen LogP contribution is -3.05. The van der Waals surface area contributed by atoms with Crippen LogP contribution in [0.15, 0.2) is 12.0 Å². The SMILES string of the molecule is CN(C)/C=C(/C[NH+](C)C)OP. The van der Waals surface area contributed by atoms with Gasteiger partial charge in [-0.1, -0.05) is 0 Å². The van der Waals surface area contributed by atoms with Crippen LogP contribution in [0.5, 0.6) is 0 Å². The molecule has 0 aliphatic rings. The summed E-state index contributed by atoms with van der Waals surface area (Å²) in [6.07, 6.45) is 1.97. The number of hydrogen-bond acceptors (Lipinski definition) is 2. The van der Waals surface area contributed by atoms with E-state index in [9.17, 15) is 0 Å². The molecule has 0 aliphatic carbocycles. The molecule has 1 N–H and O–H groups in total. The van der Waals surface area contributed by atoms with Crippen LogP contribution in [0.4, 0.5) is 0 Å². The third-order valence-corrected chi connectivity index (χ3v) is 1.38. The maximum absolute atomic E-state index is 5.09. The highest BCUT2D eigenvalue weighted by Gasteiger charge is 2.01. The van der Waals surface area contributed by atoms with Crippen molar-refractivity contribution in [3.63, 3.8) is 0 Å². The molecule has 0 fully saturated rings. The van der Waals surface area contributed by atoms with Crippen molar-refractivity contribution < 1.29 is 9.42 Å². The zero-order valence-electron chi connectivity index (χ0n) is 7.72. The van der Waals surface area contributed by atoms with Gasteiger partial charge in [0.15, 0.2) is 5.76 Å². The summed E-state index contributed by atoms with van der Waals surface area (Å²) in [5.41, 5.74) is 0. The highest BCUT2D eigenvalue weighted by molar-refractivity contribution is 7.10. The molecule has 0 amide bonds. The van der Waals surface area contributed by atoms with Crippen molar-refractivity contribution in [2.45, 2.75) is 0 Å². The van der Waals surface area contributed by atoms with Crippen LogP contribution < -0.4 is 4.90 Å². The van der Waals surface area contributed by atoms with Gasteiger partial charge in [-0.25, -0.2) is 0 Å². The van der Waals surface area contributed by atoms with Gasteiger partial charge >= 0.3 is 0 Å². The Morgan fingerprint density at radius 2 is 2.09 bits per heavy atom. The van der Waals surface area contributed by atoms with Gasteiger partial charge in [-0.2, -0.15) is 0 Å². The summed E-state index contributed by atoms with van der Waals surface area (Å²) in [6, 6.07) is 0. The Morgan fingerprint density at radius 1 is 1.55 bits per heavy atom. The van der Waals surface area contributed by atoms with Crippen LogP contribution in [0.2, 0.25) is 0 Å². The van der Waals surface area contributed by atoms with Gasteiger partial charge in [0.2, 0.25) is 0 Å². The molecule has 0 bridgehead atoms. The summed E-state index contributed by atoms with van der Waals surface area (Å²) in [5, 5.41) is 0. The lowest BCUT2D eigenvalue weighted by Gasteiger charge is -2.12. The number of rotatable bonds is 4. The molecule has 1 atom stereocenters. The molecule has 0 saturated carbocycles. The Bertz CT molecular complexity index is 134. The van der Waals surface area contributed by atoms with Gasteiger partial charge in [-0.15, -0.1) is 0 Å². The van der Waals surface area contributed by atoms with Crippen molar-refractivity contribution >= 4 is 9.47 Å². The second kappa shape index (κ2) is 5.39. The Kier molecular flexibility index (Phi) is 5.26. The third kappa shape index (κ3) is 6.14. The van der Waals surface area contributed by atoms with Crippen LogP contribution in [0.1, 0.15) is 0 Å². The second-order valence-corrected chi connectivity index (χ2v) is 3.30. The normalized spacial score (nSPS) is 12.0. The molecule has 0 aliphatic heterocycles. The fraction of sp³-hybridized carbons (Fsp3) is 0.714. The van der Waals surface area contributed by atoms with Crippen molar-refractivity contribution in [2.24, 2.45) is 0 Å². The van der Waals surface area contributed by atoms with Crippen LogP contribution in [0.3, 0.4) is 0 Å². The van der Waals surface area contributed by atoms with Gasteiger partial charge in [-0.3, -0.25) is 0 Å². The first kappa shape index (κ1) is 10.7. The molecular weight excluding hydrogens is 159 g/mol. The van der Waals surface area contributed by atoms with E-state index in [1.807, 2.05) is 25.2 Å². The average molecular weight is 177 g/mol. The summed E-state index contributed by atoms with van der Waals surface area (Å²) >= 11 is 0. The van der Waals surface area contributed by atoms with Crippen LogP contribution >= 0.6 is 9.47 Å². The fourth-order valence-electron chi connectivity index (χ4n) is 0.754. The Hall–Kier alpha value is -0.270. The van der Waals surface area contributed by atoms with E-state index in [2.05, 4.69) is 23.6 Å². The zero-order chi connectivity index (χ0) is 8.85. The Morgan fingerprint density at radius 3 is 2.36 bits per heavy atom. The largest absolute Gasteiger partial charge is 0.477 e. The molecule has 0 aromatic rings. The molecular formula is C7H18N2OP+. The first-order valence-electron chi connectivity index (χ1n) is 3.59. The minimum Gasteiger partial charge on any atom is -0.477 e. The number of nitrogens with zero attached hydrogens (tertiary/aromatic N) is 1. The molecule has 0 spiro atoms. The molecule has 4 heteroatoms. The van der Waals surface area contributed by atoms with Crippen molar-refractivity contribution in [3.05, 3.63) is 12.0 Å². The molecule has 11 heavy (non-hydrogen) atoms. The lowest BCUT2D eigenvalue weighted by atomic mass is 10.5. The zero-order valence-corrected chi connectivity index (χ0v) is 8.87. The van der Waals surface area contributed by atoms with E-state index in [1.165, 1.54) is 4.90 Å². The lowest BCUT2D eigenvalue weighted by molar-refractivity contribution is -0.854. The van der Waals surface area contributed by atoms with Crippen LogP contribution in [-0.2, 0) is 4.52 Å². The summed E-state index contributed by atoms with van der Waals surface area (Å²) in [6.45, 7) is 0.904. The maximum Gasteiger partial charge on any atom is 0.169 e. The molecule has 0 radical (unpaired) electrons. The molecule has 0 aromatic carbocycles.